The smallest absolute Gasteiger partial charge is 0.251 e. The topological polar surface area (TPSA) is 78.5 Å². The largest absolute Gasteiger partial charge is 0.356 e. The minimum atomic E-state index is -0.586. The lowest BCUT2D eigenvalue weighted by molar-refractivity contribution is -0.136. The van der Waals surface area contributed by atoms with Gasteiger partial charge in [-0.25, -0.2) is 0 Å². The SMILES string of the molecule is CCCCNC(=O)C1CCN(C(=O)C(C)NC(=O)c2ccccc2)CC1. The van der Waals surface area contributed by atoms with Crippen LogP contribution in [-0.2, 0) is 9.59 Å². The zero-order valence-electron chi connectivity index (χ0n) is 15.7. The van der Waals surface area contributed by atoms with E-state index in [2.05, 4.69) is 17.6 Å². The van der Waals surface area contributed by atoms with Gasteiger partial charge in [0.05, 0.1) is 0 Å². The molecule has 6 nitrogen and oxygen atoms in total. The molecule has 1 aromatic carbocycles. The van der Waals surface area contributed by atoms with E-state index in [0.29, 0.717) is 31.5 Å². The maximum atomic E-state index is 12.6. The molecule has 0 saturated carbocycles. The highest BCUT2D eigenvalue weighted by molar-refractivity contribution is 5.97. The van der Waals surface area contributed by atoms with Crippen LogP contribution in [0.1, 0.15) is 49.9 Å². The van der Waals surface area contributed by atoms with Crippen molar-refractivity contribution < 1.29 is 14.4 Å². The van der Waals surface area contributed by atoms with Gasteiger partial charge in [-0.3, -0.25) is 14.4 Å². The van der Waals surface area contributed by atoms with Crippen LogP contribution in [0, 0.1) is 5.92 Å². The van der Waals surface area contributed by atoms with Crippen molar-refractivity contribution in [3.05, 3.63) is 35.9 Å². The number of piperidine rings is 1. The molecule has 0 aromatic heterocycles. The highest BCUT2D eigenvalue weighted by atomic mass is 16.2. The van der Waals surface area contributed by atoms with Crippen LogP contribution in [0.25, 0.3) is 0 Å². The molecule has 1 aromatic rings. The van der Waals surface area contributed by atoms with Crippen molar-refractivity contribution in [3.8, 4) is 0 Å². The maximum Gasteiger partial charge on any atom is 0.251 e. The zero-order valence-corrected chi connectivity index (χ0v) is 15.7. The first-order valence-electron chi connectivity index (χ1n) is 9.45. The fourth-order valence-corrected chi connectivity index (χ4v) is 3.10. The fraction of sp³-hybridized carbons (Fsp3) is 0.550. The van der Waals surface area contributed by atoms with Gasteiger partial charge in [-0.1, -0.05) is 31.5 Å². The highest BCUT2D eigenvalue weighted by Crippen LogP contribution is 2.18. The van der Waals surface area contributed by atoms with Crippen molar-refractivity contribution in [1.29, 1.82) is 0 Å². The molecule has 2 N–H and O–H groups in total. The number of unbranched alkanes of at least 4 members (excludes halogenated alkanes) is 1. The lowest BCUT2D eigenvalue weighted by atomic mass is 9.95. The molecule has 1 aliphatic heterocycles. The average Bonchev–Trinajstić information content (AvgIpc) is 2.68. The van der Waals surface area contributed by atoms with Crippen molar-refractivity contribution in [1.82, 2.24) is 15.5 Å². The van der Waals surface area contributed by atoms with Gasteiger partial charge in [-0.2, -0.15) is 0 Å². The number of nitrogens with one attached hydrogen (secondary N) is 2. The van der Waals surface area contributed by atoms with E-state index in [1.165, 1.54) is 0 Å². The Morgan fingerprint density at radius 3 is 2.42 bits per heavy atom. The molecule has 2 rings (SSSR count). The molecule has 1 saturated heterocycles. The Bertz CT molecular complexity index is 610. The molecule has 0 radical (unpaired) electrons. The number of rotatable bonds is 7. The van der Waals surface area contributed by atoms with Gasteiger partial charge in [-0.15, -0.1) is 0 Å². The van der Waals surface area contributed by atoms with E-state index in [4.69, 9.17) is 0 Å². The van der Waals surface area contributed by atoms with E-state index >= 15 is 0 Å². The molecule has 3 amide bonds. The molecule has 142 valence electrons. The van der Waals surface area contributed by atoms with Crippen LogP contribution in [0.4, 0.5) is 0 Å². The Morgan fingerprint density at radius 1 is 1.15 bits per heavy atom. The average molecular weight is 359 g/mol. The van der Waals surface area contributed by atoms with Gasteiger partial charge in [-0.05, 0) is 38.3 Å². The first-order valence-corrected chi connectivity index (χ1v) is 9.45. The first kappa shape index (κ1) is 19.9. The molecule has 1 atom stereocenters. The van der Waals surface area contributed by atoms with Crippen molar-refractivity contribution in [2.24, 2.45) is 5.92 Å². The molecule has 0 spiro atoms. The van der Waals surface area contributed by atoms with Crippen LogP contribution in [-0.4, -0.2) is 48.3 Å². The van der Waals surface area contributed by atoms with E-state index in [1.807, 2.05) is 6.07 Å². The summed E-state index contributed by atoms with van der Waals surface area (Å²) in [5.41, 5.74) is 0.537. The van der Waals surface area contributed by atoms with Gasteiger partial charge in [0.1, 0.15) is 6.04 Å². The van der Waals surface area contributed by atoms with Crippen LogP contribution in [0.5, 0.6) is 0 Å². The summed E-state index contributed by atoms with van der Waals surface area (Å²) in [5.74, 6) is -0.281. The summed E-state index contributed by atoms with van der Waals surface area (Å²) in [6, 6.07) is 8.27. The van der Waals surface area contributed by atoms with Gasteiger partial charge >= 0.3 is 0 Å². The third-order valence-corrected chi connectivity index (χ3v) is 4.76. The van der Waals surface area contributed by atoms with Crippen LogP contribution in [0.3, 0.4) is 0 Å². The minimum Gasteiger partial charge on any atom is -0.356 e. The summed E-state index contributed by atoms with van der Waals surface area (Å²) in [7, 11) is 0. The van der Waals surface area contributed by atoms with E-state index in [-0.39, 0.29) is 23.6 Å². The second kappa shape index (κ2) is 9.94. The van der Waals surface area contributed by atoms with Gasteiger partial charge in [0.15, 0.2) is 0 Å². The lowest BCUT2D eigenvalue weighted by Crippen LogP contribution is -2.50. The van der Waals surface area contributed by atoms with Crippen molar-refractivity contribution in [3.63, 3.8) is 0 Å². The van der Waals surface area contributed by atoms with Gasteiger partial charge in [0, 0.05) is 31.1 Å². The third kappa shape index (κ3) is 5.58. The van der Waals surface area contributed by atoms with E-state index < -0.39 is 6.04 Å². The van der Waals surface area contributed by atoms with Gasteiger partial charge in [0.2, 0.25) is 11.8 Å². The van der Waals surface area contributed by atoms with Crippen LogP contribution < -0.4 is 10.6 Å². The Kier molecular flexibility index (Phi) is 7.63. The number of nitrogens with zero attached hydrogens (tertiary/aromatic N) is 1. The van der Waals surface area contributed by atoms with E-state index in [1.54, 1.807) is 36.1 Å². The number of benzene rings is 1. The Morgan fingerprint density at radius 2 is 1.81 bits per heavy atom. The maximum absolute atomic E-state index is 12.6. The number of carbonyl (C=O) groups excluding carboxylic acids is 3. The summed E-state index contributed by atoms with van der Waals surface area (Å²) in [5, 5.41) is 5.72. The summed E-state index contributed by atoms with van der Waals surface area (Å²) in [6.07, 6.45) is 3.38. The molecular weight excluding hydrogens is 330 g/mol. The standard InChI is InChI=1S/C20H29N3O3/c1-3-4-12-21-18(24)17-10-13-23(14-11-17)20(26)15(2)22-19(25)16-8-6-5-7-9-16/h5-9,15,17H,3-4,10-14H2,1-2H3,(H,21,24)(H,22,25). The first-order chi connectivity index (χ1) is 12.5. The summed E-state index contributed by atoms with van der Waals surface area (Å²) >= 11 is 0. The number of hydrogen-bond donors (Lipinski definition) is 2. The second-order valence-electron chi connectivity index (χ2n) is 6.81. The molecule has 1 aliphatic rings. The van der Waals surface area contributed by atoms with Gasteiger partial charge in [0.25, 0.3) is 5.91 Å². The number of carbonyl (C=O) groups is 3. The molecular formula is C20H29N3O3. The lowest BCUT2D eigenvalue weighted by Gasteiger charge is -2.33. The molecule has 26 heavy (non-hydrogen) atoms. The summed E-state index contributed by atoms with van der Waals surface area (Å²) < 4.78 is 0. The van der Waals surface area contributed by atoms with Crippen molar-refractivity contribution >= 4 is 17.7 Å². The second-order valence-corrected chi connectivity index (χ2v) is 6.81. The predicted octanol–water partition coefficient (Wildman–Crippen LogP) is 1.96. The highest BCUT2D eigenvalue weighted by Gasteiger charge is 2.29. The molecule has 1 unspecified atom stereocenters. The summed E-state index contributed by atoms with van der Waals surface area (Å²) in [6.45, 7) is 5.62. The van der Waals surface area contributed by atoms with Gasteiger partial charge < -0.3 is 15.5 Å². The monoisotopic (exact) mass is 359 g/mol. The van der Waals surface area contributed by atoms with E-state index in [0.717, 1.165) is 19.4 Å². The third-order valence-electron chi connectivity index (χ3n) is 4.76. The Labute approximate surface area is 155 Å². The van der Waals surface area contributed by atoms with Crippen molar-refractivity contribution in [2.75, 3.05) is 19.6 Å². The molecule has 0 bridgehead atoms. The van der Waals surface area contributed by atoms with Crippen LogP contribution >= 0.6 is 0 Å². The van der Waals surface area contributed by atoms with Crippen LogP contribution in [0.2, 0.25) is 0 Å². The predicted molar refractivity (Wildman–Crippen MR) is 101 cm³/mol. The van der Waals surface area contributed by atoms with Crippen LogP contribution in [0.15, 0.2) is 30.3 Å². The number of likely N-dealkylation sites (tertiary alicyclic amines) is 1. The summed E-state index contributed by atoms with van der Waals surface area (Å²) in [4.78, 5) is 38.6. The quantitative estimate of drug-likeness (QED) is 0.731. The minimum absolute atomic E-state index is 0.0230. The molecule has 6 heteroatoms. The van der Waals surface area contributed by atoms with Crippen molar-refractivity contribution in [2.45, 2.75) is 45.6 Å². The Balaban J connectivity index is 1.78. The zero-order chi connectivity index (χ0) is 18.9. The fourth-order valence-electron chi connectivity index (χ4n) is 3.10. The molecule has 1 fully saturated rings. The normalized spacial score (nSPS) is 16.0. The number of amides is 3. The van der Waals surface area contributed by atoms with E-state index in [9.17, 15) is 14.4 Å². The number of hydrogen-bond acceptors (Lipinski definition) is 3. The molecule has 1 heterocycles. The Hall–Kier alpha value is -2.37. The molecule has 0 aliphatic carbocycles.